The summed E-state index contributed by atoms with van der Waals surface area (Å²) in [5, 5.41) is 10.3. The number of aryl methyl sites for hydroxylation is 2. The Morgan fingerprint density at radius 1 is 0.929 bits per heavy atom. The van der Waals surface area contributed by atoms with Crippen LogP contribution in [0.5, 0.6) is 0 Å². The maximum atomic E-state index is 12.8. The molecule has 144 valence electrons. The number of benzene rings is 2. The normalized spacial score (nSPS) is 10.6. The zero-order chi connectivity index (χ0) is 20.4. The van der Waals surface area contributed by atoms with Gasteiger partial charge in [0.25, 0.3) is 11.8 Å². The van der Waals surface area contributed by atoms with Gasteiger partial charge in [0, 0.05) is 7.05 Å². The van der Waals surface area contributed by atoms with Crippen molar-refractivity contribution in [1.29, 1.82) is 0 Å². The van der Waals surface area contributed by atoms with E-state index in [-0.39, 0.29) is 21.5 Å². The molecule has 8 heteroatoms. The molecule has 2 N–H and O–H groups in total. The van der Waals surface area contributed by atoms with Gasteiger partial charge in [0.15, 0.2) is 0 Å². The van der Waals surface area contributed by atoms with Crippen molar-refractivity contribution in [3.63, 3.8) is 0 Å². The van der Waals surface area contributed by atoms with Crippen LogP contribution in [0.3, 0.4) is 0 Å². The average molecular weight is 417 g/mol. The first-order chi connectivity index (χ1) is 13.3. The number of nitrogens with zero attached hydrogens (tertiary/aromatic N) is 2. The Balaban J connectivity index is 1.89. The van der Waals surface area contributed by atoms with E-state index in [9.17, 15) is 9.59 Å². The molecule has 6 nitrogen and oxygen atoms in total. The van der Waals surface area contributed by atoms with Gasteiger partial charge in [-0.05, 0) is 38.1 Å². The molecule has 0 unspecified atom stereocenters. The fourth-order valence-electron chi connectivity index (χ4n) is 2.83. The minimum Gasteiger partial charge on any atom is -0.321 e. The summed E-state index contributed by atoms with van der Waals surface area (Å²) in [5.41, 5.74) is 2.98. The molecule has 0 aliphatic rings. The van der Waals surface area contributed by atoms with Crippen LogP contribution in [-0.2, 0) is 7.05 Å². The van der Waals surface area contributed by atoms with Crippen LogP contribution in [0.4, 0.5) is 11.4 Å². The van der Waals surface area contributed by atoms with Crippen molar-refractivity contribution < 1.29 is 9.59 Å². The lowest BCUT2D eigenvalue weighted by Gasteiger charge is -2.13. The molecule has 0 aliphatic carbocycles. The van der Waals surface area contributed by atoms with Crippen LogP contribution in [0, 0.1) is 13.8 Å². The van der Waals surface area contributed by atoms with Crippen LogP contribution in [0.2, 0.25) is 10.0 Å². The van der Waals surface area contributed by atoms with E-state index in [1.54, 1.807) is 54.2 Å². The molecule has 0 bridgehead atoms. The van der Waals surface area contributed by atoms with E-state index in [1.807, 2.05) is 13.8 Å². The van der Waals surface area contributed by atoms with Gasteiger partial charge in [0.05, 0.1) is 43.9 Å². The zero-order valence-electron chi connectivity index (χ0n) is 15.5. The number of hydrogen-bond acceptors (Lipinski definition) is 3. The van der Waals surface area contributed by atoms with Crippen LogP contribution < -0.4 is 10.6 Å². The highest BCUT2D eigenvalue weighted by Crippen LogP contribution is 2.27. The summed E-state index contributed by atoms with van der Waals surface area (Å²) in [6, 6.07) is 11.5. The number of hydrogen-bond donors (Lipinski definition) is 2. The second kappa shape index (κ2) is 8.04. The highest BCUT2D eigenvalue weighted by atomic mass is 35.5. The van der Waals surface area contributed by atoms with E-state index >= 15 is 0 Å². The fourth-order valence-corrected chi connectivity index (χ4v) is 3.39. The third kappa shape index (κ3) is 3.88. The number of nitrogens with one attached hydrogen (secondary N) is 2. The first-order valence-electron chi connectivity index (χ1n) is 8.45. The van der Waals surface area contributed by atoms with Crippen molar-refractivity contribution >= 4 is 46.4 Å². The van der Waals surface area contributed by atoms with Crippen molar-refractivity contribution in [2.75, 3.05) is 10.6 Å². The highest BCUT2D eigenvalue weighted by molar-refractivity contribution is 6.40. The summed E-state index contributed by atoms with van der Waals surface area (Å²) in [6.45, 7) is 3.68. The van der Waals surface area contributed by atoms with E-state index in [0.717, 1.165) is 5.69 Å². The first-order valence-corrected chi connectivity index (χ1v) is 9.21. The number of halogens is 2. The van der Waals surface area contributed by atoms with Crippen molar-refractivity contribution in [3.8, 4) is 0 Å². The largest absolute Gasteiger partial charge is 0.321 e. The lowest BCUT2D eigenvalue weighted by atomic mass is 10.1. The molecule has 1 aromatic heterocycles. The van der Waals surface area contributed by atoms with Gasteiger partial charge in [-0.25, -0.2) is 0 Å². The first kappa shape index (κ1) is 19.9. The minimum absolute atomic E-state index is 0.153. The van der Waals surface area contributed by atoms with Crippen LogP contribution in [-0.4, -0.2) is 21.6 Å². The Kier molecular flexibility index (Phi) is 5.72. The van der Waals surface area contributed by atoms with Crippen LogP contribution in [0.25, 0.3) is 0 Å². The molecule has 0 saturated carbocycles. The molecule has 3 aromatic rings. The molecular formula is C20H18Cl2N4O2. The molecule has 2 aromatic carbocycles. The summed E-state index contributed by atoms with van der Waals surface area (Å²) < 4.78 is 1.69. The number of carbonyl (C=O) groups excluding carboxylic acids is 2. The Hall–Kier alpha value is -2.83. The number of rotatable bonds is 4. The fraction of sp³-hybridized carbons (Fsp3) is 0.150. The highest BCUT2D eigenvalue weighted by Gasteiger charge is 2.19. The van der Waals surface area contributed by atoms with Crippen molar-refractivity contribution in [1.82, 2.24) is 9.78 Å². The molecule has 28 heavy (non-hydrogen) atoms. The van der Waals surface area contributed by atoms with Crippen molar-refractivity contribution in [2.24, 2.45) is 7.05 Å². The molecule has 0 fully saturated rings. The molecule has 0 spiro atoms. The standard InChI is InChI=1S/C20H18Cl2N4O2/c1-11-18(12(2)26(3)25-11)24-19(27)13-7-4-5-10-16(13)23-20(28)17-14(21)8-6-9-15(17)22/h4-10H,1-3H3,(H,23,28)(H,24,27). The summed E-state index contributed by atoms with van der Waals surface area (Å²) in [5.74, 6) is -0.857. The zero-order valence-corrected chi connectivity index (χ0v) is 17.0. The molecule has 0 saturated heterocycles. The van der Waals surface area contributed by atoms with E-state index in [2.05, 4.69) is 15.7 Å². The Morgan fingerprint density at radius 2 is 1.57 bits per heavy atom. The molecule has 0 aliphatic heterocycles. The lowest BCUT2D eigenvalue weighted by molar-refractivity contribution is 0.102. The molecule has 1 heterocycles. The predicted molar refractivity (Wildman–Crippen MR) is 111 cm³/mol. The SMILES string of the molecule is Cc1nn(C)c(C)c1NC(=O)c1ccccc1NC(=O)c1c(Cl)cccc1Cl. The summed E-state index contributed by atoms with van der Waals surface area (Å²) in [7, 11) is 1.81. The Morgan fingerprint density at radius 3 is 2.18 bits per heavy atom. The van der Waals surface area contributed by atoms with E-state index in [4.69, 9.17) is 23.2 Å². The molecule has 3 rings (SSSR count). The lowest BCUT2D eigenvalue weighted by Crippen LogP contribution is -2.19. The Labute approximate surface area is 172 Å². The number of anilines is 2. The Bertz CT molecular complexity index is 1060. The third-order valence-electron chi connectivity index (χ3n) is 4.36. The maximum absolute atomic E-state index is 12.8. The maximum Gasteiger partial charge on any atom is 0.258 e. The average Bonchev–Trinajstić information content (AvgIpc) is 2.88. The van der Waals surface area contributed by atoms with Crippen molar-refractivity contribution in [3.05, 3.63) is 75.0 Å². The van der Waals surface area contributed by atoms with Gasteiger partial charge in [-0.2, -0.15) is 5.10 Å². The van der Waals surface area contributed by atoms with Crippen LogP contribution in [0.1, 0.15) is 32.1 Å². The van der Waals surface area contributed by atoms with Gasteiger partial charge >= 0.3 is 0 Å². The number of aromatic nitrogens is 2. The van der Waals surface area contributed by atoms with Crippen LogP contribution >= 0.6 is 23.2 Å². The predicted octanol–water partition coefficient (Wildman–Crippen LogP) is 4.85. The van der Waals surface area contributed by atoms with Crippen molar-refractivity contribution in [2.45, 2.75) is 13.8 Å². The molecule has 2 amide bonds. The third-order valence-corrected chi connectivity index (χ3v) is 4.99. The van der Waals surface area contributed by atoms with Gasteiger partial charge in [0.2, 0.25) is 0 Å². The second-order valence-electron chi connectivity index (χ2n) is 6.22. The summed E-state index contributed by atoms with van der Waals surface area (Å²) >= 11 is 12.2. The number of carbonyl (C=O) groups is 2. The van der Waals surface area contributed by atoms with E-state index in [1.165, 1.54) is 0 Å². The number of amides is 2. The van der Waals surface area contributed by atoms with Gasteiger partial charge in [-0.15, -0.1) is 0 Å². The monoisotopic (exact) mass is 416 g/mol. The number of para-hydroxylation sites is 1. The van der Waals surface area contributed by atoms with Gasteiger partial charge < -0.3 is 10.6 Å². The molecule has 0 atom stereocenters. The summed E-state index contributed by atoms with van der Waals surface area (Å²) in [4.78, 5) is 25.5. The van der Waals surface area contributed by atoms with Gasteiger partial charge in [0.1, 0.15) is 0 Å². The van der Waals surface area contributed by atoms with E-state index < -0.39 is 5.91 Å². The van der Waals surface area contributed by atoms with Gasteiger partial charge in [-0.1, -0.05) is 41.4 Å². The minimum atomic E-state index is -0.496. The second-order valence-corrected chi connectivity index (χ2v) is 7.03. The smallest absolute Gasteiger partial charge is 0.258 e. The topological polar surface area (TPSA) is 76.0 Å². The summed E-state index contributed by atoms with van der Waals surface area (Å²) in [6.07, 6.45) is 0. The quantitative estimate of drug-likeness (QED) is 0.637. The van der Waals surface area contributed by atoms with E-state index in [0.29, 0.717) is 22.6 Å². The van der Waals surface area contributed by atoms with Crippen LogP contribution in [0.15, 0.2) is 42.5 Å². The van der Waals surface area contributed by atoms with Gasteiger partial charge in [-0.3, -0.25) is 14.3 Å². The molecular weight excluding hydrogens is 399 g/mol. The molecule has 0 radical (unpaired) electrons.